The first-order valence-corrected chi connectivity index (χ1v) is 6.47. The van der Waals surface area contributed by atoms with Crippen LogP contribution in [0.5, 0.6) is 0 Å². The van der Waals surface area contributed by atoms with Crippen LogP contribution in [-0.2, 0) is 14.8 Å². The zero-order valence-corrected chi connectivity index (χ0v) is 10.9. The zero-order chi connectivity index (χ0) is 13.2. The second kappa shape index (κ2) is 4.55. The van der Waals surface area contributed by atoms with Gasteiger partial charge in [0.15, 0.2) is 0 Å². The van der Waals surface area contributed by atoms with Gasteiger partial charge < -0.3 is 5.11 Å². The summed E-state index contributed by atoms with van der Waals surface area (Å²) in [4.78, 5) is 11.1. The minimum Gasteiger partial charge on any atom is -0.481 e. The molecule has 0 spiro atoms. The minimum absolute atomic E-state index is 0.230. The van der Waals surface area contributed by atoms with E-state index < -0.39 is 26.9 Å². The molecule has 0 aromatic heterocycles. The maximum Gasteiger partial charge on any atom is 0.310 e. The monoisotopic (exact) mass is 249 g/mol. The quantitative estimate of drug-likeness (QED) is 0.687. The molecule has 6 heteroatoms. The molecule has 0 heterocycles. The van der Waals surface area contributed by atoms with Crippen LogP contribution in [0.2, 0.25) is 0 Å². The molecule has 0 aliphatic heterocycles. The van der Waals surface area contributed by atoms with Crippen LogP contribution in [0.4, 0.5) is 0 Å². The Morgan fingerprint density at radius 1 is 1.38 bits per heavy atom. The highest BCUT2D eigenvalue weighted by Gasteiger charge is 2.45. The number of rotatable bonds is 6. The first-order chi connectivity index (χ1) is 6.96. The van der Waals surface area contributed by atoms with Crippen LogP contribution in [-0.4, -0.2) is 30.8 Å². The molecule has 2 N–H and O–H groups in total. The van der Waals surface area contributed by atoms with Crippen LogP contribution in [0.3, 0.4) is 0 Å². The summed E-state index contributed by atoms with van der Waals surface area (Å²) in [5, 5.41) is 9.05. The summed E-state index contributed by atoms with van der Waals surface area (Å²) in [6, 6.07) is 0. The number of carbonyl (C=O) groups is 1. The van der Waals surface area contributed by atoms with Crippen molar-refractivity contribution in [2.24, 2.45) is 5.41 Å². The third kappa shape index (κ3) is 3.31. The van der Waals surface area contributed by atoms with Gasteiger partial charge in [-0.05, 0) is 27.7 Å². The fourth-order valence-corrected chi connectivity index (χ4v) is 2.41. The molecule has 0 rings (SSSR count). The summed E-state index contributed by atoms with van der Waals surface area (Å²) in [5.74, 6) is -1.29. The maximum atomic E-state index is 11.5. The van der Waals surface area contributed by atoms with Crippen LogP contribution in [0.25, 0.3) is 0 Å². The van der Waals surface area contributed by atoms with Gasteiger partial charge in [0.05, 0.1) is 11.2 Å². The van der Waals surface area contributed by atoms with Gasteiger partial charge >= 0.3 is 5.97 Å². The lowest BCUT2D eigenvalue weighted by molar-refractivity contribution is -0.150. The van der Waals surface area contributed by atoms with Crippen molar-refractivity contribution in [3.63, 3.8) is 0 Å². The van der Waals surface area contributed by atoms with Crippen molar-refractivity contribution in [1.29, 1.82) is 0 Å². The van der Waals surface area contributed by atoms with E-state index in [9.17, 15) is 13.2 Å². The van der Waals surface area contributed by atoms with Gasteiger partial charge in [-0.3, -0.25) is 4.79 Å². The first-order valence-electron chi connectivity index (χ1n) is 4.82. The molecule has 0 bridgehead atoms. The number of hydrogen-bond donors (Lipinski definition) is 2. The van der Waals surface area contributed by atoms with Crippen LogP contribution < -0.4 is 4.72 Å². The molecule has 16 heavy (non-hydrogen) atoms. The number of carboxylic acid groups (broad SMARTS) is 1. The number of aliphatic carboxylic acids is 1. The third-order valence-electron chi connectivity index (χ3n) is 2.85. The summed E-state index contributed by atoms with van der Waals surface area (Å²) in [5.41, 5.74) is -2.29. The molecular weight excluding hydrogens is 230 g/mol. The number of sulfonamides is 1. The predicted octanol–water partition coefficient (Wildman–Crippen LogP) is 0.981. The van der Waals surface area contributed by atoms with Crippen LogP contribution in [0, 0.1) is 5.41 Å². The summed E-state index contributed by atoms with van der Waals surface area (Å²) in [6.45, 7) is 9.38. The molecule has 0 saturated carbocycles. The van der Waals surface area contributed by atoms with E-state index in [1.807, 2.05) is 0 Å². The molecule has 0 aliphatic rings. The van der Waals surface area contributed by atoms with Crippen molar-refractivity contribution in [1.82, 2.24) is 4.72 Å². The minimum atomic E-state index is -3.54. The van der Waals surface area contributed by atoms with Gasteiger partial charge in [-0.25, -0.2) is 13.1 Å². The Kier molecular flexibility index (Phi) is 4.30. The van der Waals surface area contributed by atoms with Crippen molar-refractivity contribution in [2.45, 2.75) is 33.2 Å². The maximum absolute atomic E-state index is 11.5. The second-order valence-corrected chi connectivity index (χ2v) is 6.49. The fourth-order valence-electron chi connectivity index (χ4n) is 0.980. The molecule has 0 fully saturated rings. The standard InChI is InChI=1S/C10H19NO4S/c1-6-7-16(14,15)11-10(4,5)9(2,3)8(12)13/h6,11H,1,7H2,2-5H3,(H,12,13). The number of nitrogens with one attached hydrogen (secondary N) is 1. The van der Waals surface area contributed by atoms with Crippen molar-refractivity contribution in [3.8, 4) is 0 Å². The van der Waals surface area contributed by atoms with E-state index in [-0.39, 0.29) is 5.75 Å². The van der Waals surface area contributed by atoms with Gasteiger partial charge in [0.25, 0.3) is 0 Å². The average molecular weight is 249 g/mol. The smallest absolute Gasteiger partial charge is 0.310 e. The van der Waals surface area contributed by atoms with E-state index in [1.165, 1.54) is 19.9 Å². The Bertz CT molecular complexity index is 382. The first kappa shape index (κ1) is 15.1. The molecule has 0 aliphatic carbocycles. The fraction of sp³-hybridized carbons (Fsp3) is 0.700. The molecule has 0 unspecified atom stereocenters. The lowest BCUT2D eigenvalue weighted by atomic mass is 9.75. The molecule has 0 aromatic carbocycles. The summed E-state index contributed by atoms with van der Waals surface area (Å²) in [7, 11) is -3.54. The third-order valence-corrected chi connectivity index (χ3v) is 4.34. The molecule has 94 valence electrons. The summed E-state index contributed by atoms with van der Waals surface area (Å²) < 4.78 is 25.5. The Morgan fingerprint density at radius 3 is 2.12 bits per heavy atom. The van der Waals surface area contributed by atoms with Gasteiger partial charge in [0.2, 0.25) is 10.0 Å². The van der Waals surface area contributed by atoms with Crippen LogP contribution in [0.1, 0.15) is 27.7 Å². The zero-order valence-electron chi connectivity index (χ0n) is 10.1. The second-order valence-electron chi connectivity index (χ2n) is 4.73. The normalized spacial score (nSPS) is 13.5. The molecule has 0 saturated heterocycles. The van der Waals surface area contributed by atoms with E-state index >= 15 is 0 Å². The number of hydrogen-bond acceptors (Lipinski definition) is 3. The molecule has 0 aromatic rings. The molecular formula is C10H19NO4S. The van der Waals surface area contributed by atoms with E-state index in [1.54, 1.807) is 13.8 Å². The van der Waals surface area contributed by atoms with Crippen LogP contribution in [0.15, 0.2) is 12.7 Å². The van der Waals surface area contributed by atoms with Crippen molar-refractivity contribution >= 4 is 16.0 Å². The van der Waals surface area contributed by atoms with Gasteiger partial charge in [0.1, 0.15) is 0 Å². The van der Waals surface area contributed by atoms with Crippen molar-refractivity contribution in [2.75, 3.05) is 5.75 Å². The van der Waals surface area contributed by atoms with E-state index in [0.717, 1.165) is 0 Å². The predicted molar refractivity (Wildman–Crippen MR) is 62.6 cm³/mol. The van der Waals surface area contributed by atoms with E-state index in [0.29, 0.717) is 0 Å². The van der Waals surface area contributed by atoms with Crippen molar-refractivity contribution < 1.29 is 18.3 Å². The van der Waals surface area contributed by atoms with Crippen molar-refractivity contribution in [3.05, 3.63) is 12.7 Å². The highest BCUT2D eigenvalue weighted by Crippen LogP contribution is 2.31. The van der Waals surface area contributed by atoms with Gasteiger partial charge in [-0.2, -0.15) is 0 Å². The Labute approximate surface area is 96.6 Å². The lowest BCUT2D eigenvalue weighted by Crippen LogP contribution is -2.57. The topological polar surface area (TPSA) is 83.5 Å². The van der Waals surface area contributed by atoms with Crippen LogP contribution >= 0.6 is 0 Å². The summed E-state index contributed by atoms with van der Waals surface area (Å²) >= 11 is 0. The van der Waals surface area contributed by atoms with Gasteiger partial charge in [-0.15, -0.1) is 6.58 Å². The van der Waals surface area contributed by atoms with Gasteiger partial charge in [0, 0.05) is 5.54 Å². The largest absolute Gasteiger partial charge is 0.481 e. The highest BCUT2D eigenvalue weighted by molar-refractivity contribution is 7.89. The highest BCUT2D eigenvalue weighted by atomic mass is 32.2. The number of carboxylic acids is 1. The van der Waals surface area contributed by atoms with E-state index in [2.05, 4.69) is 11.3 Å². The molecule has 5 nitrogen and oxygen atoms in total. The molecule has 0 atom stereocenters. The molecule has 0 radical (unpaired) electrons. The SMILES string of the molecule is C=CCS(=O)(=O)NC(C)(C)C(C)(C)C(=O)O. The molecule has 0 amide bonds. The Hall–Kier alpha value is -0.880. The van der Waals surface area contributed by atoms with E-state index in [4.69, 9.17) is 5.11 Å². The lowest BCUT2D eigenvalue weighted by Gasteiger charge is -2.38. The Morgan fingerprint density at radius 2 is 1.81 bits per heavy atom. The van der Waals surface area contributed by atoms with Gasteiger partial charge in [-0.1, -0.05) is 6.08 Å². The average Bonchev–Trinajstić information content (AvgIpc) is 2.00. The summed E-state index contributed by atoms with van der Waals surface area (Å²) in [6.07, 6.45) is 1.26. The Balaban J connectivity index is 5.10.